The Morgan fingerprint density at radius 2 is 1.73 bits per heavy atom. The molecule has 2 N–H and O–H groups in total. The number of benzene rings is 2. The summed E-state index contributed by atoms with van der Waals surface area (Å²) >= 11 is 0. The fourth-order valence-electron chi connectivity index (χ4n) is 2.64. The van der Waals surface area contributed by atoms with Gasteiger partial charge >= 0.3 is 5.97 Å². The van der Waals surface area contributed by atoms with Crippen LogP contribution >= 0.6 is 0 Å². The number of nitrogens with zero attached hydrogens (tertiary/aromatic N) is 1. The Hall–Kier alpha value is -2.22. The van der Waals surface area contributed by atoms with Crippen LogP contribution in [-0.2, 0) is 19.6 Å². The normalized spacial score (nSPS) is 12.8. The standard InChI is InChI=1S/C19H24N2O4S/c1-5-25-19(22)18(16-11-10-13(2)15(4)12-16)21(20)26(23,24)17-9-7-6-8-14(17)3/h6-12,18H,5,20H2,1-4H3. The maximum Gasteiger partial charge on any atom is 0.330 e. The van der Waals surface area contributed by atoms with Gasteiger partial charge in [0.25, 0.3) is 10.0 Å². The van der Waals surface area contributed by atoms with Gasteiger partial charge in [-0.05, 0) is 56.0 Å². The van der Waals surface area contributed by atoms with E-state index in [1.54, 1.807) is 44.2 Å². The number of rotatable bonds is 6. The fourth-order valence-corrected chi connectivity index (χ4v) is 4.08. The number of esters is 1. The molecule has 7 heteroatoms. The minimum absolute atomic E-state index is 0.0561. The largest absolute Gasteiger partial charge is 0.464 e. The molecule has 1 unspecified atom stereocenters. The lowest BCUT2D eigenvalue weighted by molar-refractivity contribution is -0.148. The second-order valence-electron chi connectivity index (χ2n) is 6.10. The van der Waals surface area contributed by atoms with Crippen LogP contribution < -0.4 is 5.84 Å². The summed E-state index contributed by atoms with van der Waals surface area (Å²) in [4.78, 5) is 12.6. The van der Waals surface area contributed by atoms with E-state index in [2.05, 4.69) is 0 Å². The monoisotopic (exact) mass is 376 g/mol. The molecular weight excluding hydrogens is 352 g/mol. The van der Waals surface area contributed by atoms with E-state index in [1.807, 2.05) is 19.9 Å². The molecule has 2 aromatic carbocycles. The van der Waals surface area contributed by atoms with Crippen LogP contribution in [0.3, 0.4) is 0 Å². The summed E-state index contributed by atoms with van der Waals surface area (Å²) in [7, 11) is -4.09. The SMILES string of the molecule is CCOC(=O)C(c1ccc(C)c(C)c1)N(N)S(=O)(=O)c1ccccc1C. The number of hydrogen-bond donors (Lipinski definition) is 1. The lowest BCUT2D eigenvalue weighted by Gasteiger charge is -2.26. The third-order valence-corrected chi connectivity index (χ3v) is 6.04. The predicted molar refractivity (Wildman–Crippen MR) is 99.7 cm³/mol. The Kier molecular flexibility index (Phi) is 6.17. The van der Waals surface area contributed by atoms with Crippen molar-refractivity contribution in [2.45, 2.75) is 38.6 Å². The van der Waals surface area contributed by atoms with Crippen LogP contribution in [0.1, 0.15) is 35.2 Å². The van der Waals surface area contributed by atoms with Gasteiger partial charge in [-0.25, -0.2) is 13.2 Å². The summed E-state index contributed by atoms with van der Waals surface area (Å²) in [5.41, 5.74) is 2.97. The molecule has 2 aromatic rings. The Balaban J connectivity index is 2.56. The Morgan fingerprint density at radius 3 is 2.31 bits per heavy atom. The van der Waals surface area contributed by atoms with Gasteiger partial charge in [-0.3, -0.25) is 5.84 Å². The molecule has 1 atom stereocenters. The number of sulfonamides is 1. The van der Waals surface area contributed by atoms with Crippen LogP contribution in [0.25, 0.3) is 0 Å². The van der Waals surface area contributed by atoms with Crippen LogP contribution in [0.5, 0.6) is 0 Å². The number of hydrogen-bond acceptors (Lipinski definition) is 5. The maximum atomic E-state index is 13.0. The molecule has 2 rings (SSSR count). The first-order valence-electron chi connectivity index (χ1n) is 8.28. The van der Waals surface area contributed by atoms with Gasteiger partial charge in [-0.15, -0.1) is 4.41 Å². The van der Waals surface area contributed by atoms with Crippen LogP contribution in [0.15, 0.2) is 47.4 Å². The molecule has 6 nitrogen and oxygen atoms in total. The number of carbonyl (C=O) groups excluding carboxylic acids is 1. The predicted octanol–water partition coefficient (Wildman–Crippen LogP) is 2.78. The zero-order valence-electron chi connectivity index (χ0n) is 15.4. The van der Waals surface area contributed by atoms with Gasteiger partial charge in [0.1, 0.15) is 0 Å². The molecule has 0 aliphatic carbocycles. The molecule has 0 saturated carbocycles. The van der Waals surface area contributed by atoms with E-state index in [0.717, 1.165) is 11.1 Å². The second kappa shape index (κ2) is 7.99. The molecule has 0 saturated heterocycles. The van der Waals surface area contributed by atoms with Gasteiger partial charge < -0.3 is 4.74 Å². The topological polar surface area (TPSA) is 89.7 Å². The van der Waals surface area contributed by atoms with E-state index in [4.69, 9.17) is 10.6 Å². The molecule has 0 bridgehead atoms. The first-order valence-corrected chi connectivity index (χ1v) is 9.72. The van der Waals surface area contributed by atoms with Crippen molar-refractivity contribution in [3.8, 4) is 0 Å². The van der Waals surface area contributed by atoms with Crippen molar-refractivity contribution < 1.29 is 17.9 Å². The third-order valence-electron chi connectivity index (χ3n) is 4.26. The summed E-state index contributed by atoms with van der Waals surface area (Å²) in [6, 6.07) is 10.5. The summed E-state index contributed by atoms with van der Waals surface area (Å²) in [6.45, 7) is 7.28. The first kappa shape index (κ1) is 20.1. The number of nitrogens with two attached hydrogens (primary N) is 1. The highest BCUT2D eigenvalue weighted by Gasteiger charge is 2.36. The van der Waals surface area contributed by atoms with Crippen LogP contribution in [0, 0.1) is 20.8 Å². The van der Waals surface area contributed by atoms with Gasteiger partial charge in [0.05, 0.1) is 11.5 Å². The molecule has 26 heavy (non-hydrogen) atoms. The second-order valence-corrected chi connectivity index (χ2v) is 7.91. The number of hydrazine groups is 1. The summed E-state index contributed by atoms with van der Waals surface area (Å²) in [5.74, 6) is 5.28. The van der Waals surface area contributed by atoms with Gasteiger partial charge in [-0.2, -0.15) is 0 Å². The highest BCUT2D eigenvalue weighted by Crippen LogP contribution is 2.28. The van der Waals surface area contributed by atoms with Crippen LogP contribution in [0.2, 0.25) is 0 Å². The zero-order valence-corrected chi connectivity index (χ0v) is 16.2. The molecule has 0 radical (unpaired) electrons. The fraction of sp³-hybridized carbons (Fsp3) is 0.316. The molecule has 0 aliphatic rings. The average Bonchev–Trinajstić information content (AvgIpc) is 2.58. The van der Waals surface area contributed by atoms with Crippen molar-refractivity contribution in [1.29, 1.82) is 0 Å². The van der Waals surface area contributed by atoms with Crippen LogP contribution in [0.4, 0.5) is 0 Å². The molecule has 140 valence electrons. The lowest BCUT2D eigenvalue weighted by atomic mass is 10.0. The van der Waals surface area contributed by atoms with Crippen molar-refractivity contribution in [2.75, 3.05) is 6.61 Å². The molecule has 0 fully saturated rings. The molecule has 0 aromatic heterocycles. The summed E-state index contributed by atoms with van der Waals surface area (Å²) in [6.07, 6.45) is 0. The molecular formula is C19H24N2O4S. The van der Waals surface area contributed by atoms with Gasteiger partial charge in [0.15, 0.2) is 6.04 Å². The van der Waals surface area contributed by atoms with Crippen molar-refractivity contribution in [3.05, 3.63) is 64.7 Å². The van der Waals surface area contributed by atoms with E-state index >= 15 is 0 Å². The van der Waals surface area contributed by atoms with E-state index in [9.17, 15) is 13.2 Å². The smallest absolute Gasteiger partial charge is 0.330 e. The van der Waals surface area contributed by atoms with Crippen LogP contribution in [-0.4, -0.2) is 25.4 Å². The Bertz CT molecular complexity index is 910. The zero-order chi connectivity index (χ0) is 19.5. The number of aryl methyl sites for hydroxylation is 3. The highest BCUT2D eigenvalue weighted by atomic mass is 32.2. The molecule has 0 spiro atoms. The molecule has 0 heterocycles. The summed E-state index contributed by atoms with van der Waals surface area (Å²) in [5, 5.41) is 0. The quantitative estimate of drug-likeness (QED) is 0.476. The molecule has 0 amide bonds. The Morgan fingerprint density at radius 1 is 1.08 bits per heavy atom. The van der Waals surface area contributed by atoms with E-state index in [-0.39, 0.29) is 11.5 Å². The lowest BCUT2D eigenvalue weighted by Crippen LogP contribution is -2.44. The number of carbonyl (C=O) groups is 1. The van der Waals surface area contributed by atoms with Crippen molar-refractivity contribution in [2.24, 2.45) is 5.84 Å². The minimum Gasteiger partial charge on any atom is -0.464 e. The van der Waals surface area contributed by atoms with Gasteiger partial charge in [-0.1, -0.05) is 36.4 Å². The average molecular weight is 376 g/mol. The number of ether oxygens (including phenoxy) is 1. The van der Waals surface area contributed by atoms with Gasteiger partial charge in [0, 0.05) is 0 Å². The minimum atomic E-state index is -4.09. The first-order chi connectivity index (χ1) is 12.2. The Labute approximate surface area is 154 Å². The van der Waals surface area contributed by atoms with E-state index in [1.165, 1.54) is 6.07 Å². The van der Waals surface area contributed by atoms with Crippen molar-refractivity contribution in [3.63, 3.8) is 0 Å². The van der Waals surface area contributed by atoms with E-state index < -0.39 is 22.0 Å². The third kappa shape index (κ3) is 3.95. The van der Waals surface area contributed by atoms with Gasteiger partial charge in [0.2, 0.25) is 0 Å². The summed E-state index contributed by atoms with van der Waals surface area (Å²) < 4.78 is 31.7. The van der Waals surface area contributed by atoms with Crippen molar-refractivity contribution in [1.82, 2.24) is 4.41 Å². The molecule has 0 aliphatic heterocycles. The van der Waals surface area contributed by atoms with E-state index in [0.29, 0.717) is 15.5 Å². The van der Waals surface area contributed by atoms with Crippen molar-refractivity contribution >= 4 is 16.0 Å². The maximum absolute atomic E-state index is 13.0. The highest BCUT2D eigenvalue weighted by molar-refractivity contribution is 7.89.